The molecular formula is C16H19NOS. The van der Waals surface area contributed by atoms with Crippen LogP contribution < -0.4 is 0 Å². The summed E-state index contributed by atoms with van der Waals surface area (Å²) < 4.78 is 0. The van der Waals surface area contributed by atoms with Gasteiger partial charge in [0, 0.05) is 16.8 Å². The lowest BCUT2D eigenvalue weighted by atomic mass is 9.87. The van der Waals surface area contributed by atoms with Gasteiger partial charge in [0.15, 0.2) is 0 Å². The van der Waals surface area contributed by atoms with Crippen LogP contribution in [0.25, 0.3) is 10.9 Å². The molecule has 0 radical (unpaired) electrons. The average molecular weight is 273 g/mol. The topological polar surface area (TPSA) is 32.9 Å². The first kappa shape index (κ1) is 12.8. The minimum absolute atomic E-state index is 0.325. The number of ketones is 1. The number of rotatable bonds is 4. The van der Waals surface area contributed by atoms with Crippen molar-refractivity contribution in [3.8, 4) is 0 Å². The fourth-order valence-corrected chi connectivity index (χ4v) is 3.74. The summed E-state index contributed by atoms with van der Waals surface area (Å²) in [4.78, 5) is 15.5. The van der Waals surface area contributed by atoms with Crippen molar-refractivity contribution in [3.63, 3.8) is 0 Å². The third-order valence-corrected chi connectivity index (χ3v) is 4.90. The number of H-pyrrole nitrogens is 1. The molecule has 0 bridgehead atoms. The molecule has 0 saturated heterocycles. The molecule has 0 unspecified atom stereocenters. The molecule has 3 rings (SSSR count). The molecule has 2 nitrogen and oxygen atoms in total. The van der Waals surface area contributed by atoms with Crippen LogP contribution in [-0.4, -0.2) is 16.5 Å². The number of carbonyl (C=O) groups excluding carboxylic acids is 1. The van der Waals surface area contributed by atoms with Crippen molar-refractivity contribution in [3.05, 3.63) is 30.3 Å². The van der Waals surface area contributed by atoms with E-state index in [0.29, 0.717) is 17.5 Å². The lowest BCUT2D eigenvalue weighted by molar-refractivity contribution is -0.121. The molecule has 0 atom stereocenters. The number of Topliss-reactive ketones (excluding diaryl/α,β-unsaturated/α-hetero) is 1. The van der Waals surface area contributed by atoms with E-state index in [0.717, 1.165) is 23.4 Å². The van der Waals surface area contributed by atoms with E-state index < -0.39 is 0 Å². The Hall–Kier alpha value is -1.22. The molecule has 19 heavy (non-hydrogen) atoms. The molecule has 1 heterocycles. The van der Waals surface area contributed by atoms with Gasteiger partial charge in [0.2, 0.25) is 0 Å². The van der Waals surface area contributed by atoms with Crippen LogP contribution in [0.4, 0.5) is 0 Å². The lowest BCUT2D eigenvalue weighted by Crippen LogP contribution is -2.19. The average Bonchev–Trinajstić information content (AvgIpc) is 2.88. The molecule has 0 spiro atoms. The number of carbonyl (C=O) groups is 1. The Morgan fingerprint density at radius 2 is 2.00 bits per heavy atom. The summed E-state index contributed by atoms with van der Waals surface area (Å²) in [7, 11) is 0. The van der Waals surface area contributed by atoms with E-state index in [-0.39, 0.29) is 0 Å². The number of benzene rings is 1. The second-order valence-corrected chi connectivity index (χ2v) is 6.33. The first-order chi connectivity index (χ1) is 9.33. The predicted molar refractivity (Wildman–Crippen MR) is 80.6 cm³/mol. The Balaban J connectivity index is 1.60. The predicted octanol–water partition coefficient (Wildman–Crippen LogP) is 4.41. The van der Waals surface area contributed by atoms with E-state index in [1.165, 1.54) is 24.6 Å². The minimum atomic E-state index is 0.325. The second-order valence-electron chi connectivity index (χ2n) is 5.31. The zero-order valence-electron chi connectivity index (χ0n) is 11.0. The zero-order valence-corrected chi connectivity index (χ0v) is 11.8. The molecule has 1 aromatic carbocycles. The van der Waals surface area contributed by atoms with Crippen molar-refractivity contribution < 1.29 is 4.79 Å². The van der Waals surface area contributed by atoms with Gasteiger partial charge in [-0.3, -0.25) is 4.79 Å². The summed E-state index contributed by atoms with van der Waals surface area (Å²) in [6, 6.07) is 10.4. The molecular weight excluding hydrogens is 254 g/mol. The fourth-order valence-electron chi connectivity index (χ4n) is 2.82. The highest BCUT2D eigenvalue weighted by Crippen LogP contribution is 2.28. The van der Waals surface area contributed by atoms with Gasteiger partial charge in [0.1, 0.15) is 5.78 Å². The Labute approximate surface area is 118 Å². The van der Waals surface area contributed by atoms with Crippen LogP contribution in [0.5, 0.6) is 0 Å². The van der Waals surface area contributed by atoms with Crippen LogP contribution in [0, 0.1) is 5.92 Å². The van der Waals surface area contributed by atoms with Gasteiger partial charge in [0.25, 0.3) is 0 Å². The number of aromatic amines is 1. The first-order valence-electron chi connectivity index (χ1n) is 7.06. The highest BCUT2D eigenvalue weighted by Gasteiger charge is 2.20. The summed E-state index contributed by atoms with van der Waals surface area (Å²) in [6.07, 6.45) is 5.97. The van der Waals surface area contributed by atoms with Crippen molar-refractivity contribution in [2.45, 2.75) is 37.1 Å². The largest absolute Gasteiger partial charge is 0.350 e. The summed E-state index contributed by atoms with van der Waals surface area (Å²) in [5.74, 6) is 1.37. The Bertz CT molecular complexity index is 536. The molecule has 1 N–H and O–H groups in total. The maximum atomic E-state index is 12.2. The first-order valence-corrected chi connectivity index (χ1v) is 8.05. The summed E-state index contributed by atoms with van der Waals surface area (Å²) >= 11 is 1.64. The second kappa shape index (κ2) is 5.83. The van der Waals surface area contributed by atoms with Crippen molar-refractivity contribution in [1.29, 1.82) is 0 Å². The number of fused-ring (bicyclic) bond motifs is 1. The van der Waals surface area contributed by atoms with E-state index in [2.05, 4.69) is 23.2 Å². The van der Waals surface area contributed by atoms with E-state index in [1.54, 1.807) is 11.8 Å². The van der Waals surface area contributed by atoms with Crippen LogP contribution in [-0.2, 0) is 4.79 Å². The maximum absolute atomic E-state index is 12.2. The van der Waals surface area contributed by atoms with Crippen molar-refractivity contribution >= 4 is 28.4 Å². The molecule has 1 fully saturated rings. The molecule has 1 aliphatic carbocycles. The van der Waals surface area contributed by atoms with E-state index in [9.17, 15) is 4.79 Å². The zero-order chi connectivity index (χ0) is 13.1. The van der Waals surface area contributed by atoms with Gasteiger partial charge in [-0.2, -0.15) is 0 Å². The van der Waals surface area contributed by atoms with E-state index in [4.69, 9.17) is 0 Å². The number of nitrogens with one attached hydrogen (secondary N) is 1. The van der Waals surface area contributed by atoms with Crippen molar-refractivity contribution in [2.24, 2.45) is 5.92 Å². The van der Waals surface area contributed by atoms with Gasteiger partial charge in [-0.1, -0.05) is 37.5 Å². The highest BCUT2D eigenvalue weighted by atomic mass is 32.2. The molecule has 1 aromatic heterocycles. The van der Waals surface area contributed by atoms with E-state index in [1.807, 2.05) is 12.1 Å². The smallest absolute Gasteiger partial charge is 0.146 e. The van der Waals surface area contributed by atoms with Gasteiger partial charge >= 0.3 is 0 Å². The quantitative estimate of drug-likeness (QED) is 0.837. The summed E-state index contributed by atoms with van der Waals surface area (Å²) in [5, 5.41) is 2.32. The molecule has 0 aliphatic heterocycles. The van der Waals surface area contributed by atoms with Crippen LogP contribution >= 0.6 is 11.8 Å². The molecule has 3 heteroatoms. The lowest BCUT2D eigenvalue weighted by Gasteiger charge is -2.19. The number of para-hydroxylation sites is 1. The third kappa shape index (κ3) is 3.03. The Morgan fingerprint density at radius 1 is 1.21 bits per heavy atom. The number of hydrogen-bond donors (Lipinski definition) is 1. The standard InChI is InChI=1S/C16H19NOS/c18-15(12-6-2-1-3-7-12)11-19-16-10-13-8-4-5-9-14(13)17-16/h4-5,8-10,12,17H,1-3,6-7,11H2. The van der Waals surface area contributed by atoms with Crippen LogP contribution in [0.3, 0.4) is 0 Å². The third-order valence-electron chi connectivity index (χ3n) is 3.94. The minimum Gasteiger partial charge on any atom is -0.350 e. The summed E-state index contributed by atoms with van der Waals surface area (Å²) in [6.45, 7) is 0. The van der Waals surface area contributed by atoms with Gasteiger partial charge in [-0.05, 0) is 25.0 Å². The highest BCUT2D eigenvalue weighted by molar-refractivity contribution is 7.99. The number of thioether (sulfide) groups is 1. The van der Waals surface area contributed by atoms with Crippen LogP contribution in [0.2, 0.25) is 0 Å². The molecule has 2 aromatic rings. The van der Waals surface area contributed by atoms with Gasteiger partial charge in [-0.15, -0.1) is 11.8 Å². The van der Waals surface area contributed by atoms with Crippen molar-refractivity contribution in [2.75, 3.05) is 5.75 Å². The number of hydrogen-bond acceptors (Lipinski definition) is 2. The summed E-state index contributed by atoms with van der Waals surface area (Å²) in [5.41, 5.74) is 1.15. The number of aromatic nitrogens is 1. The van der Waals surface area contributed by atoms with Gasteiger partial charge in [-0.25, -0.2) is 0 Å². The normalized spacial score (nSPS) is 16.8. The van der Waals surface area contributed by atoms with E-state index >= 15 is 0 Å². The maximum Gasteiger partial charge on any atom is 0.146 e. The van der Waals surface area contributed by atoms with Crippen LogP contribution in [0.1, 0.15) is 32.1 Å². The fraction of sp³-hybridized carbons (Fsp3) is 0.438. The molecule has 1 aliphatic rings. The Kier molecular flexibility index (Phi) is 3.92. The molecule has 0 amide bonds. The molecule has 100 valence electrons. The van der Waals surface area contributed by atoms with Crippen LogP contribution in [0.15, 0.2) is 35.4 Å². The molecule has 1 saturated carbocycles. The SMILES string of the molecule is O=C(CSc1cc2ccccc2[nH]1)C1CCCCC1. The van der Waals surface area contributed by atoms with Gasteiger partial charge in [0.05, 0.1) is 10.8 Å². The van der Waals surface area contributed by atoms with Gasteiger partial charge < -0.3 is 4.98 Å². The monoisotopic (exact) mass is 273 g/mol. The Morgan fingerprint density at radius 3 is 2.79 bits per heavy atom. The van der Waals surface area contributed by atoms with Crippen molar-refractivity contribution in [1.82, 2.24) is 4.98 Å².